The van der Waals surface area contributed by atoms with Crippen LogP contribution >= 0.6 is 0 Å². The van der Waals surface area contributed by atoms with Crippen molar-refractivity contribution in [1.82, 2.24) is 9.55 Å². The lowest BCUT2D eigenvalue weighted by Crippen LogP contribution is -2.14. The van der Waals surface area contributed by atoms with E-state index in [-0.39, 0.29) is 0 Å². The molecule has 1 aromatic heterocycles. The highest BCUT2D eigenvalue weighted by molar-refractivity contribution is 5.76. The number of imidazole rings is 1. The second-order valence-electron chi connectivity index (χ2n) is 6.46. The van der Waals surface area contributed by atoms with Crippen LogP contribution in [0.2, 0.25) is 0 Å². The maximum Gasteiger partial charge on any atom is 0.138 e. The molecule has 0 saturated heterocycles. The molecule has 0 spiro atoms. The molecule has 0 fully saturated rings. The molecule has 4 nitrogen and oxygen atoms in total. The lowest BCUT2D eigenvalue weighted by atomic mass is 10.1. The van der Waals surface area contributed by atoms with Gasteiger partial charge in [-0.05, 0) is 49.6 Å². The highest BCUT2D eigenvalue weighted by Gasteiger charge is 2.17. The number of aromatic nitrogens is 2. The van der Waals surface area contributed by atoms with Crippen molar-refractivity contribution in [2.75, 3.05) is 6.61 Å². The topological polar surface area (TPSA) is 47.3 Å². The van der Waals surface area contributed by atoms with E-state index in [0.717, 1.165) is 29.0 Å². The van der Waals surface area contributed by atoms with Crippen LogP contribution in [-0.4, -0.2) is 21.3 Å². The molecule has 0 radical (unpaired) electrons. The fourth-order valence-corrected chi connectivity index (χ4v) is 3.11. The standard InChI is InChI=1S/C21H26N2O2/c1-4-8-19(24)21-22-17-10-5-6-11-18(17)23(21)13-14-25-20-12-7-9-15(2)16(20)3/h5-7,9-12,19,24H,4,8,13-14H2,1-3H3. The Balaban J connectivity index is 1.82. The Hall–Kier alpha value is -2.33. The monoisotopic (exact) mass is 338 g/mol. The van der Waals surface area contributed by atoms with E-state index in [1.165, 1.54) is 11.1 Å². The summed E-state index contributed by atoms with van der Waals surface area (Å²) in [6.07, 6.45) is 1.09. The first-order valence-electron chi connectivity index (χ1n) is 8.94. The average Bonchev–Trinajstić information content (AvgIpc) is 2.98. The van der Waals surface area contributed by atoms with Gasteiger partial charge in [-0.2, -0.15) is 0 Å². The number of hydrogen-bond donors (Lipinski definition) is 1. The molecular weight excluding hydrogens is 312 g/mol. The smallest absolute Gasteiger partial charge is 0.138 e. The summed E-state index contributed by atoms with van der Waals surface area (Å²) >= 11 is 0. The fourth-order valence-electron chi connectivity index (χ4n) is 3.11. The first-order chi connectivity index (χ1) is 12.1. The number of hydrogen-bond acceptors (Lipinski definition) is 3. The van der Waals surface area contributed by atoms with Crippen LogP contribution in [0.1, 0.15) is 42.8 Å². The van der Waals surface area contributed by atoms with Crippen LogP contribution in [0.25, 0.3) is 11.0 Å². The molecule has 0 saturated carbocycles. The number of benzene rings is 2. The Kier molecular flexibility index (Phi) is 5.39. The molecule has 25 heavy (non-hydrogen) atoms. The summed E-state index contributed by atoms with van der Waals surface area (Å²) < 4.78 is 8.09. The SMILES string of the molecule is CCCC(O)c1nc2ccccc2n1CCOc1cccc(C)c1C. The number of ether oxygens (including phenoxy) is 1. The molecule has 0 aliphatic rings. The molecule has 1 unspecified atom stereocenters. The third-order valence-electron chi connectivity index (χ3n) is 4.67. The summed E-state index contributed by atoms with van der Waals surface area (Å²) in [6, 6.07) is 14.1. The van der Waals surface area contributed by atoms with Crippen molar-refractivity contribution < 1.29 is 9.84 Å². The van der Waals surface area contributed by atoms with Crippen LogP contribution < -0.4 is 4.74 Å². The van der Waals surface area contributed by atoms with Gasteiger partial charge in [0.15, 0.2) is 0 Å². The Morgan fingerprint density at radius 3 is 2.72 bits per heavy atom. The van der Waals surface area contributed by atoms with E-state index in [1.54, 1.807) is 0 Å². The van der Waals surface area contributed by atoms with Crippen LogP contribution in [0.4, 0.5) is 0 Å². The second kappa shape index (κ2) is 7.70. The van der Waals surface area contributed by atoms with Crippen molar-refractivity contribution in [3.05, 3.63) is 59.4 Å². The van der Waals surface area contributed by atoms with Gasteiger partial charge in [0.2, 0.25) is 0 Å². The predicted molar refractivity (Wildman–Crippen MR) is 101 cm³/mol. The van der Waals surface area contributed by atoms with Crippen LogP contribution in [0.15, 0.2) is 42.5 Å². The molecule has 0 amide bonds. The lowest BCUT2D eigenvalue weighted by molar-refractivity contribution is 0.151. The fraction of sp³-hybridized carbons (Fsp3) is 0.381. The lowest BCUT2D eigenvalue weighted by Gasteiger charge is -2.15. The first kappa shape index (κ1) is 17.5. The van der Waals surface area contributed by atoms with Crippen molar-refractivity contribution in [2.24, 2.45) is 0 Å². The number of rotatable bonds is 7. The van der Waals surface area contributed by atoms with Gasteiger partial charge in [-0.1, -0.05) is 37.6 Å². The highest BCUT2D eigenvalue weighted by atomic mass is 16.5. The molecular formula is C21H26N2O2. The molecule has 3 aromatic rings. The molecule has 0 aliphatic heterocycles. The first-order valence-corrected chi connectivity index (χ1v) is 8.94. The van der Waals surface area contributed by atoms with Gasteiger partial charge in [0, 0.05) is 0 Å². The number of aliphatic hydroxyl groups excluding tert-OH is 1. The Labute approximate surface area is 149 Å². The zero-order valence-corrected chi connectivity index (χ0v) is 15.2. The van der Waals surface area contributed by atoms with Crippen molar-refractivity contribution in [3.8, 4) is 5.75 Å². The Bertz CT molecular complexity index is 854. The van der Waals surface area contributed by atoms with E-state index in [4.69, 9.17) is 4.74 Å². The number of para-hydroxylation sites is 2. The van der Waals surface area contributed by atoms with E-state index in [1.807, 2.05) is 36.4 Å². The van der Waals surface area contributed by atoms with Gasteiger partial charge in [-0.15, -0.1) is 0 Å². The molecule has 132 valence electrons. The number of fused-ring (bicyclic) bond motifs is 1. The largest absolute Gasteiger partial charge is 0.491 e. The molecule has 1 heterocycles. The second-order valence-corrected chi connectivity index (χ2v) is 6.46. The van der Waals surface area contributed by atoms with Gasteiger partial charge in [0.05, 0.1) is 17.6 Å². The summed E-state index contributed by atoms with van der Waals surface area (Å²) in [4.78, 5) is 4.65. The molecule has 0 bridgehead atoms. The Morgan fingerprint density at radius 1 is 1.12 bits per heavy atom. The van der Waals surface area contributed by atoms with Gasteiger partial charge in [0.1, 0.15) is 24.3 Å². The minimum Gasteiger partial charge on any atom is -0.491 e. The van der Waals surface area contributed by atoms with Crippen LogP contribution in [-0.2, 0) is 6.54 Å². The van der Waals surface area contributed by atoms with Crippen molar-refractivity contribution >= 4 is 11.0 Å². The molecule has 0 aliphatic carbocycles. The van der Waals surface area contributed by atoms with E-state index in [2.05, 4.69) is 36.4 Å². The van der Waals surface area contributed by atoms with Crippen LogP contribution in [0.3, 0.4) is 0 Å². The van der Waals surface area contributed by atoms with E-state index in [9.17, 15) is 5.11 Å². The molecule has 4 heteroatoms. The summed E-state index contributed by atoms with van der Waals surface area (Å²) in [5, 5.41) is 10.5. The minimum absolute atomic E-state index is 0.538. The quantitative estimate of drug-likeness (QED) is 0.687. The summed E-state index contributed by atoms with van der Waals surface area (Å²) in [5.41, 5.74) is 4.35. The average molecular weight is 338 g/mol. The van der Waals surface area contributed by atoms with Crippen LogP contribution in [0, 0.1) is 13.8 Å². The van der Waals surface area contributed by atoms with E-state index < -0.39 is 6.10 Å². The molecule has 3 rings (SSSR count). The van der Waals surface area contributed by atoms with Crippen molar-refractivity contribution in [1.29, 1.82) is 0 Å². The molecule has 2 aromatic carbocycles. The van der Waals surface area contributed by atoms with E-state index >= 15 is 0 Å². The zero-order chi connectivity index (χ0) is 17.8. The third kappa shape index (κ3) is 3.69. The van der Waals surface area contributed by atoms with Gasteiger partial charge in [0.25, 0.3) is 0 Å². The third-order valence-corrected chi connectivity index (χ3v) is 4.67. The molecule has 1 atom stereocenters. The number of nitrogens with zero attached hydrogens (tertiary/aromatic N) is 2. The summed E-state index contributed by atoms with van der Waals surface area (Å²) in [5.74, 6) is 1.65. The molecule has 1 N–H and O–H groups in total. The summed E-state index contributed by atoms with van der Waals surface area (Å²) in [7, 11) is 0. The zero-order valence-electron chi connectivity index (χ0n) is 15.2. The number of aryl methyl sites for hydroxylation is 1. The van der Waals surface area contributed by atoms with Gasteiger partial charge in [-0.25, -0.2) is 4.98 Å². The van der Waals surface area contributed by atoms with Gasteiger partial charge >= 0.3 is 0 Å². The maximum absolute atomic E-state index is 10.5. The van der Waals surface area contributed by atoms with Crippen LogP contribution in [0.5, 0.6) is 5.75 Å². The van der Waals surface area contributed by atoms with Gasteiger partial charge < -0.3 is 14.4 Å². The Morgan fingerprint density at radius 2 is 1.92 bits per heavy atom. The minimum atomic E-state index is -0.543. The highest BCUT2D eigenvalue weighted by Crippen LogP contribution is 2.24. The van der Waals surface area contributed by atoms with Crippen molar-refractivity contribution in [3.63, 3.8) is 0 Å². The predicted octanol–water partition coefficient (Wildman–Crippen LogP) is 4.57. The number of aliphatic hydroxyl groups is 1. The maximum atomic E-state index is 10.5. The normalized spacial score (nSPS) is 12.5. The van der Waals surface area contributed by atoms with Gasteiger partial charge in [-0.3, -0.25) is 0 Å². The van der Waals surface area contributed by atoms with Crippen molar-refractivity contribution in [2.45, 2.75) is 46.3 Å². The van der Waals surface area contributed by atoms with E-state index in [0.29, 0.717) is 19.6 Å². The summed E-state index contributed by atoms with van der Waals surface area (Å²) in [6.45, 7) is 7.43.